The van der Waals surface area contributed by atoms with E-state index in [9.17, 15) is 0 Å². The first-order valence-electron chi connectivity index (χ1n) is 3.05. The van der Waals surface area contributed by atoms with Crippen LogP contribution in [0.25, 0.3) is 0 Å². The lowest BCUT2D eigenvalue weighted by Gasteiger charge is -1.86. The standard InChI is InChI=1S/C7H10N2/c1-6-4-3-5-7(2)9-8-6/h5H,1,3-4H2,2H3. The molecule has 48 valence electrons. The molecule has 0 saturated heterocycles. The summed E-state index contributed by atoms with van der Waals surface area (Å²) in [6.45, 7) is 5.66. The largest absolute Gasteiger partial charge is 0.156 e. The first-order chi connectivity index (χ1) is 4.29. The average molecular weight is 122 g/mol. The molecule has 0 bridgehead atoms. The zero-order valence-electron chi connectivity index (χ0n) is 5.59. The van der Waals surface area contributed by atoms with E-state index in [1.54, 1.807) is 0 Å². The van der Waals surface area contributed by atoms with Crippen LogP contribution in [0.15, 0.2) is 34.3 Å². The van der Waals surface area contributed by atoms with E-state index in [0.717, 1.165) is 24.2 Å². The molecule has 1 aliphatic rings. The summed E-state index contributed by atoms with van der Waals surface area (Å²) in [5, 5.41) is 7.76. The maximum Gasteiger partial charge on any atom is 0.0562 e. The quantitative estimate of drug-likeness (QED) is 0.472. The van der Waals surface area contributed by atoms with Gasteiger partial charge in [-0.05, 0) is 19.8 Å². The molecule has 0 aromatic carbocycles. The molecule has 9 heavy (non-hydrogen) atoms. The van der Waals surface area contributed by atoms with E-state index < -0.39 is 0 Å². The lowest BCUT2D eigenvalue weighted by atomic mass is 10.2. The summed E-state index contributed by atoms with van der Waals surface area (Å²) in [7, 11) is 0. The fourth-order valence-corrected chi connectivity index (χ4v) is 0.688. The van der Waals surface area contributed by atoms with E-state index >= 15 is 0 Å². The molecule has 2 nitrogen and oxygen atoms in total. The zero-order valence-corrected chi connectivity index (χ0v) is 5.59. The van der Waals surface area contributed by atoms with Crippen molar-refractivity contribution in [3.05, 3.63) is 24.0 Å². The number of azo groups is 1. The van der Waals surface area contributed by atoms with Crippen LogP contribution in [-0.4, -0.2) is 0 Å². The van der Waals surface area contributed by atoms with Crippen molar-refractivity contribution in [2.75, 3.05) is 0 Å². The Morgan fingerprint density at radius 3 is 3.11 bits per heavy atom. The molecule has 0 amide bonds. The van der Waals surface area contributed by atoms with Crippen molar-refractivity contribution >= 4 is 0 Å². The van der Waals surface area contributed by atoms with Crippen molar-refractivity contribution in [1.82, 2.24) is 0 Å². The number of hydrogen-bond acceptors (Lipinski definition) is 2. The summed E-state index contributed by atoms with van der Waals surface area (Å²) in [6, 6.07) is 0. The highest BCUT2D eigenvalue weighted by Gasteiger charge is 1.94. The molecule has 0 atom stereocenters. The molecule has 1 heterocycles. The topological polar surface area (TPSA) is 24.7 Å². The predicted octanol–water partition coefficient (Wildman–Crippen LogP) is 2.65. The second-order valence-electron chi connectivity index (χ2n) is 2.15. The van der Waals surface area contributed by atoms with Gasteiger partial charge in [-0.15, -0.1) is 0 Å². The van der Waals surface area contributed by atoms with Crippen molar-refractivity contribution in [2.45, 2.75) is 19.8 Å². The third-order valence-corrected chi connectivity index (χ3v) is 1.22. The molecule has 0 N–H and O–H groups in total. The number of nitrogens with zero attached hydrogens (tertiary/aromatic N) is 2. The Morgan fingerprint density at radius 1 is 1.56 bits per heavy atom. The predicted molar refractivity (Wildman–Crippen MR) is 37.0 cm³/mol. The van der Waals surface area contributed by atoms with Crippen molar-refractivity contribution in [3.8, 4) is 0 Å². The molecular formula is C7H10N2. The summed E-state index contributed by atoms with van der Waals surface area (Å²) in [6.07, 6.45) is 4.04. The maximum absolute atomic E-state index is 3.89. The fourth-order valence-electron chi connectivity index (χ4n) is 0.688. The third-order valence-electron chi connectivity index (χ3n) is 1.22. The van der Waals surface area contributed by atoms with Crippen LogP contribution in [-0.2, 0) is 0 Å². The summed E-state index contributed by atoms with van der Waals surface area (Å²) >= 11 is 0. The molecule has 0 saturated carbocycles. The highest BCUT2D eigenvalue weighted by molar-refractivity contribution is 5.03. The maximum atomic E-state index is 3.89. The van der Waals surface area contributed by atoms with Crippen LogP contribution in [0.2, 0.25) is 0 Å². The SMILES string of the molecule is C=C1CCC=C(C)N=N1. The molecule has 0 spiro atoms. The van der Waals surface area contributed by atoms with Crippen molar-refractivity contribution < 1.29 is 0 Å². The second kappa shape index (κ2) is 2.58. The minimum Gasteiger partial charge on any atom is -0.156 e. The van der Waals surface area contributed by atoms with Crippen LogP contribution >= 0.6 is 0 Å². The smallest absolute Gasteiger partial charge is 0.0562 e. The summed E-state index contributed by atoms with van der Waals surface area (Å²) in [5.41, 5.74) is 1.87. The molecule has 0 fully saturated rings. The van der Waals surface area contributed by atoms with Gasteiger partial charge in [0.25, 0.3) is 0 Å². The van der Waals surface area contributed by atoms with E-state index in [-0.39, 0.29) is 0 Å². The average Bonchev–Trinajstić information content (AvgIpc) is 1.97. The van der Waals surface area contributed by atoms with E-state index in [2.05, 4.69) is 22.9 Å². The van der Waals surface area contributed by atoms with Gasteiger partial charge >= 0.3 is 0 Å². The Morgan fingerprint density at radius 2 is 2.33 bits per heavy atom. The second-order valence-corrected chi connectivity index (χ2v) is 2.15. The number of rotatable bonds is 0. The van der Waals surface area contributed by atoms with Crippen molar-refractivity contribution in [1.29, 1.82) is 0 Å². The van der Waals surface area contributed by atoms with Crippen molar-refractivity contribution in [2.24, 2.45) is 10.2 Å². The third kappa shape index (κ3) is 1.80. The van der Waals surface area contributed by atoms with Crippen LogP contribution in [0.3, 0.4) is 0 Å². The lowest BCUT2D eigenvalue weighted by molar-refractivity contribution is 0.958. The van der Waals surface area contributed by atoms with E-state index in [1.165, 1.54) is 0 Å². The van der Waals surface area contributed by atoms with E-state index in [1.807, 2.05) is 6.92 Å². The Kier molecular flexibility index (Phi) is 1.78. The van der Waals surface area contributed by atoms with Crippen LogP contribution in [0.1, 0.15) is 19.8 Å². The summed E-state index contributed by atoms with van der Waals surface area (Å²) in [5.74, 6) is 0. The molecule has 1 rings (SSSR count). The monoisotopic (exact) mass is 122 g/mol. The van der Waals surface area contributed by atoms with Crippen LogP contribution in [0, 0.1) is 0 Å². The Labute approximate surface area is 55.0 Å². The van der Waals surface area contributed by atoms with Gasteiger partial charge in [-0.3, -0.25) is 0 Å². The van der Waals surface area contributed by atoms with Gasteiger partial charge in [0.05, 0.1) is 11.4 Å². The summed E-state index contributed by atoms with van der Waals surface area (Å²) < 4.78 is 0. The van der Waals surface area contributed by atoms with Gasteiger partial charge < -0.3 is 0 Å². The van der Waals surface area contributed by atoms with Gasteiger partial charge in [0.15, 0.2) is 0 Å². The minimum atomic E-state index is 0.878. The first-order valence-corrected chi connectivity index (χ1v) is 3.05. The van der Waals surface area contributed by atoms with Crippen LogP contribution < -0.4 is 0 Å². The fraction of sp³-hybridized carbons (Fsp3) is 0.429. The number of allylic oxidation sites excluding steroid dienone is 3. The summed E-state index contributed by atoms with van der Waals surface area (Å²) in [4.78, 5) is 0. The highest BCUT2D eigenvalue weighted by Crippen LogP contribution is 2.13. The van der Waals surface area contributed by atoms with Gasteiger partial charge in [0, 0.05) is 0 Å². The molecule has 0 aliphatic carbocycles. The van der Waals surface area contributed by atoms with Crippen LogP contribution in [0.4, 0.5) is 0 Å². The molecule has 0 radical (unpaired) electrons. The molecule has 1 aliphatic heterocycles. The Hall–Kier alpha value is -0.920. The van der Waals surface area contributed by atoms with Gasteiger partial charge in [-0.1, -0.05) is 12.7 Å². The van der Waals surface area contributed by atoms with Crippen LogP contribution in [0.5, 0.6) is 0 Å². The molecule has 0 unspecified atom stereocenters. The number of hydrogen-bond donors (Lipinski definition) is 0. The van der Waals surface area contributed by atoms with Gasteiger partial charge in [-0.25, -0.2) is 0 Å². The Bertz CT molecular complexity index is 177. The van der Waals surface area contributed by atoms with Gasteiger partial charge in [-0.2, -0.15) is 10.2 Å². The minimum absolute atomic E-state index is 0.878. The lowest BCUT2D eigenvalue weighted by Crippen LogP contribution is -1.69. The molecule has 2 heteroatoms. The molecule has 0 aromatic heterocycles. The first kappa shape index (κ1) is 6.20. The molecule has 0 aromatic rings. The zero-order chi connectivity index (χ0) is 6.69. The van der Waals surface area contributed by atoms with Gasteiger partial charge in [0.2, 0.25) is 0 Å². The normalized spacial score (nSPS) is 19.2. The Balaban J connectivity index is 2.69. The van der Waals surface area contributed by atoms with E-state index in [4.69, 9.17) is 0 Å². The highest BCUT2D eigenvalue weighted by atomic mass is 15.1. The van der Waals surface area contributed by atoms with Crippen molar-refractivity contribution in [3.63, 3.8) is 0 Å². The molecular weight excluding hydrogens is 112 g/mol. The van der Waals surface area contributed by atoms with Gasteiger partial charge in [0.1, 0.15) is 0 Å². The van der Waals surface area contributed by atoms with E-state index in [0.29, 0.717) is 0 Å².